The van der Waals surface area contributed by atoms with Crippen molar-refractivity contribution in [2.75, 3.05) is 16.5 Å². The number of hydrogen-bond acceptors (Lipinski definition) is 4. The molecule has 0 saturated heterocycles. The van der Waals surface area contributed by atoms with Gasteiger partial charge in [-0.2, -0.15) is 0 Å². The standard InChI is InChI=1S/C59H70N4O/c1-37(2)41-28-50(38(3)4)56(51(29-41)39(5)6)40-19-18-20-44(27-40)62-36-61(35-54(62)59(13,14)15)45-30-43(58(10,11)12)31-47(33-45)64-46-23-24-49-48-21-16-17-22-52(48)63(53(49)34-46)55-32-42(25-26-60-55)57(7,8)9/h16-35,37-39H,36H2,1-15H3. The van der Waals surface area contributed by atoms with E-state index in [0.29, 0.717) is 24.4 Å². The number of aromatic nitrogens is 2. The first kappa shape index (κ1) is 44.8. The van der Waals surface area contributed by atoms with Crippen molar-refractivity contribution in [3.05, 3.63) is 155 Å². The summed E-state index contributed by atoms with van der Waals surface area (Å²) >= 11 is 0. The number of ether oxygens (including phenoxy) is 1. The molecule has 0 atom stereocenters. The SMILES string of the molecule is CC(C)c1cc(C(C)C)c(-c2cccc(N3CN(c4cc(Oc5ccc6c7ccccc7n(-c7cc(C(C)(C)C)ccn7)c6c5)cc(C(C)(C)C)c4)C=C3C(C)(C)C)c2)c(C(C)C)c1. The minimum absolute atomic E-state index is 0.00509. The van der Waals surface area contributed by atoms with Crippen LogP contribution in [0.4, 0.5) is 11.4 Å². The van der Waals surface area contributed by atoms with Gasteiger partial charge in [-0.15, -0.1) is 0 Å². The van der Waals surface area contributed by atoms with Crippen molar-refractivity contribution in [3.8, 4) is 28.4 Å². The highest BCUT2D eigenvalue weighted by Gasteiger charge is 2.33. The molecule has 0 unspecified atom stereocenters. The molecule has 0 spiro atoms. The second-order valence-electron chi connectivity index (χ2n) is 22.1. The number of allylic oxidation sites excluding steroid dienone is 1. The zero-order valence-electron chi connectivity index (χ0n) is 41.2. The van der Waals surface area contributed by atoms with Crippen LogP contribution >= 0.6 is 0 Å². The van der Waals surface area contributed by atoms with Crippen LogP contribution in [0.5, 0.6) is 11.5 Å². The first-order chi connectivity index (χ1) is 30.1. The molecule has 1 aliphatic heterocycles. The van der Waals surface area contributed by atoms with Crippen LogP contribution in [0.25, 0.3) is 38.8 Å². The lowest BCUT2D eigenvalue weighted by Crippen LogP contribution is -2.30. The van der Waals surface area contributed by atoms with E-state index >= 15 is 0 Å². The molecule has 5 heteroatoms. The third-order valence-corrected chi connectivity index (χ3v) is 13.0. The van der Waals surface area contributed by atoms with Gasteiger partial charge in [0.15, 0.2) is 0 Å². The maximum absolute atomic E-state index is 6.95. The van der Waals surface area contributed by atoms with Crippen molar-refractivity contribution in [2.24, 2.45) is 5.41 Å². The summed E-state index contributed by atoms with van der Waals surface area (Å²) in [7, 11) is 0. The number of anilines is 2. The minimum atomic E-state index is -0.105. The summed E-state index contributed by atoms with van der Waals surface area (Å²) < 4.78 is 9.23. The van der Waals surface area contributed by atoms with Gasteiger partial charge in [0.25, 0.3) is 0 Å². The molecular weight excluding hydrogens is 781 g/mol. The zero-order valence-corrected chi connectivity index (χ0v) is 41.2. The van der Waals surface area contributed by atoms with E-state index in [-0.39, 0.29) is 16.2 Å². The molecule has 3 heterocycles. The third-order valence-electron chi connectivity index (χ3n) is 13.0. The predicted octanol–water partition coefficient (Wildman–Crippen LogP) is 16.8. The van der Waals surface area contributed by atoms with Crippen molar-refractivity contribution in [2.45, 2.75) is 132 Å². The van der Waals surface area contributed by atoms with E-state index in [9.17, 15) is 0 Å². The molecule has 0 bridgehead atoms. The molecule has 7 aromatic rings. The van der Waals surface area contributed by atoms with Crippen molar-refractivity contribution in [3.63, 3.8) is 0 Å². The summed E-state index contributed by atoms with van der Waals surface area (Å²) in [6.45, 7) is 35.2. The highest BCUT2D eigenvalue weighted by Crippen LogP contribution is 2.44. The van der Waals surface area contributed by atoms with E-state index in [1.165, 1.54) is 61.1 Å². The van der Waals surface area contributed by atoms with Gasteiger partial charge < -0.3 is 14.5 Å². The highest BCUT2D eigenvalue weighted by atomic mass is 16.5. The van der Waals surface area contributed by atoms with Gasteiger partial charge in [0.05, 0.1) is 17.7 Å². The lowest BCUT2D eigenvalue weighted by Gasteiger charge is -2.31. The first-order valence-corrected chi connectivity index (χ1v) is 23.5. The largest absolute Gasteiger partial charge is 0.457 e. The Morgan fingerprint density at radius 2 is 1.22 bits per heavy atom. The minimum Gasteiger partial charge on any atom is -0.457 e. The third kappa shape index (κ3) is 8.71. The Labute approximate surface area is 383 Å². The average molecular weight is 851 g/mol. The molecule has 0 fully saturated rings. The molecule has 0 N–H and O–H groups in total. The normalized spacial score (nSPS) is 13.9. The topological polar surface area (TPSA) is 33.5 Å². The lowest BCUT2D eigenvalue weighted by molar-refractivity contribution is 0.479. The fourth-order valence-electron chi connectivity index (χ4n) is 9.23. The number of benzene rings is 5. The summed E-state index contributed by atoms with van der Waals surface area (Å²) in [5.41, 5.74) is 15.0. The van der Waals surface area contributed by atoms with Crippen LogP contribution in [-0.2, 0) is 10.8 Å². The Hall–Kier alpha value is -5.81. The Morgan fingerprint density at radius 1 is 0.547 bits per heavy atom. The molecule has 0 radical (unpaired) electrons. The molecule has 0 amide bonds. The Kier molecular flexibility index (Phi) is 11.6. The number of para-hydroxylation sites is 1. The fraction of sp³-hybridized carbons (Fsp3) is 0.373. The van der Waals surface area contributed by atoms with Gasteiger partial charge >= 0.3 is 0 Å². The smallest absolute Gasteiger partial charge is 0.137 e. The van der Waals surface area contributed by atoms with Gasteiger partial charge in [0.2, 0.25) is 0 Å². The second-order valence-corrected chi connectivity index (χ2v) is 22.1. The van der Waals surface area contributed by atoms with Crippen molar-refractivity contribution in [1.29, 1.82) is 0 Å². The fourth-order valence-corrected chi connectivity index (χ4v) is 9.23. The summed E-state index contributed by atoms with van der Waals surface area (Å²) in [4.78, 5) is 9.83. The molecule has 5 nitrogen and oxygen atoms in total. The van der Waals surface area contributed by atoms with Gasteiger partial charge in [-0.05, 0) is 122 Å². The quantitative estimate of drug-likeness (QED) is 0.145. The van der Waals surface area contributed by atoms with Gasteiger partial charge in [0.1, 0.15) is 17.3 Å². The average Bonchev–Trinajstić information content (AvgIpc) is 3.83. The van der Waals surface area contributed by atoms with Crippen molar-refractivity contribution < 1.29 is 4.74 Å². The molecule has 0 saturated carbocycles. The molecule has 8 rings (SSSR count). The number of fused-ring (bicyclic) bond motifs is 3. The van der Waals surface area contributed by atoms with Crippen LogP contribution in [-0.4, -0.2) is 16.2 Å². The Morgan fingerprint density at radius 3 is 1.86 bits per heavy atom. The molecule has 0 aliphatic carbocycles. The monoisotopic (exact) mass is 851 g/mol. The molecule has 64 heavy (non-hydrogen) atoms. The highest BCUT2D eigenvalue weighted by molar-refractivity contribution is 6.09. The van der Waals surface area contributed by atoms with E-state index in [0.717, 1.165) is 34.0 Å². The number of nitrogens with zero attached hydrogens (tertiary/aromatic N) is 4. The van der Waals surface area contributed by atoms with Crippen LogP contribution in [0.1, 0.15) is 149 Å². The summed E-state index contributed by atoms with van der Waals surface area (Å²) in [6.07, 6.45) is 4.29. The Balaban J connectivity index is 1.19. The van der Waals surface area contributed by atoms with E-state index in [4.69, 9.17) is 9.72 Å². The van der Waals surface area contributed by atoms with Crippen LogP contribution in [0.3, 0.4) is 0 Å². The molecule has 1 aliphatic rings. The van der Waals surface area contributed by atoms with E-state index in [1.54, 1.807) is 0 Å². The summed E-state index contributed by atoms with van der Waals surface area (Å²) in [5.74, 6) is 3.80. The first-order valence-electron chi connectivity index (χ1n) is 23.5. The van der Waals surface area contributed by atoms with E-state index in [2.05, 4.69) is 234 Å². The van der Waals surface area contributed by atoms with Gasteiger partial charge in [-0.1, -0.05) is 146 Å². The van der Waals surface area contributed by atoms with Crippen LogP contribution in [0.15, 0.2) is 127 Å². The van der Waals surface area contributed by atoms with Crippen LogP contribution in [0, 0.1) is 5.41 Å². The van der Waals surface area contributed by atoms with Gasteiger partial charge in [-0.25, -0.2) is 4.98 Å². The number of hydrogen-bond donors (Lipinski definition) is 0. The molecule has 332 valence electrons. The molecule has 2 aromatic heterocycles. The maximum Gasteiger partial charge on any atom is 0.137 e. The number of pyridine rings is 1. The van der Waals surface area contributed by atoms with Gasteiger partial charge in [0, 0.05) is 57.8 Å². The molecule has 5 aromatic carbocycles. The Bertz CT molecular complexity index is 2860. The molecular formula is C59H70N4O. The van der Waals surface area contributed by atoms with Gasteiger partial charge in [-0.3, -0.25) is 4.57 Å². The maximum atomic E-state index is 6.95. The summed E-state index contributed by atoms with van der Waals surface area (Å²) in [6, 6.07) is 40.4. The van der Waals surface area contributed by atoms with Crippen LogP contribution in [0.2, 0.25) is 0 Å². The summed E-state index contributed by atoms with van der Waals surface area (Å²) in [5, 5.41) is 2.36. The van der Waals surface area contributed by atoms with Crippen molar-refractivity contribution >= 4 is 33.2 Å². The predicted molar refractivity (Wildman–Crippen MR) is 274 cm³/mol. The van der Waals surface area contributed by atoms with E-state index < -0.39 is 0 Å². The zero-order chi connectivity index (χ0) is 46.0. The van der Waals surface area contributed by atoms with Crippen LogP contribution < -0.4 is 14.5 Å². The number of rotatable bonds is 9. The second kappa shape index (κ2) is 16.6. The lowest BCUT2D eigenvalue weighted by atomic mass is 9.81. The van der Waals surface area contributed by atoms with Crippen molar-refractivity contribution in [1.82, 2.24) is 9.55 Å². The van der Waals surface area contributed by atoms with E-state index in [1.807, 2.05) is 6.20 Å².